The second kappa shape index (κ2) is 5.62. The van der Waals surface area contributed by atoms with Crippen LogP contribution in [-0.2, 0) is 0 Å². The second-order valence-electron chi connectivity index (χ2n) is 4.03. The molecular weight excluding hydrogens is 251 g/mol. The van der Waals surface area contributed by atoms with E-state index in [9.17, 15) is 14.0 Å². The van der Waals surface area contributed by atoms with Crippen molar-refractivity contribution in [3.63, 3.8) is 0 Å². The summed E-state index contributed by atoms with van der Waals surface area (Å²) in [7, 11) is 0. The topological polar surface area (TPSA) is 85.3 Å². The number of halogens is 1. The van der Waals surface area contributed by atoms with Gasteiger partial charge in [0.2, 0.25) is 0 Å². The molecule has 0 saturated carbocycles. The summed E-state index contributed by atoms with van der Waals surface area (Å²) in [6.45, 7) is 0.813. The molecule has 0 atom stereocenters. The molecule has 1 aromatic heterocycles. The minimum atomic E-state index is -0.746. The number of benzene rings is 1. The first-order valence-electron chi connectivity index (χ1n) is 5.83. The highest BCUT2D eigenvalue weighted by Crippen LogP contribution is 2.14. The van der Waals surface area contributed by atoms with Crippen LogP contribution in [0.1, 0.15) is 16.8 Å². The highest BCUT2D eigenvalue weighted by atomic mass is 19.1. The van der Waals surface area contributed by atoms with E-state index < -0.39 is 17.3 Å². The molecular formula is C13H13FN2O3. The largest absolute Gasteiger partial charge is 0.422 e. The summed E-state index contributed by atoms with van der Waals surface area (Å²) in [5.74, 6) is -1.01. The minimum Gasteiger partial charge on any atom is -0.422 e. The van der Waals surface area contributed by atoms with Gasteiger partial charge in [-0.2, -0.15) is 0 Å². The molecule has 3 N–H and O–H groups in total. The number of fused-ring (bicyclic) bond motifs is 1. The van der Waals surface area contributed by atoms with Crippen molar-refractivity contribution >= 4 is 16.9 Å². The maximum atomic E-state index is 13.1. The minimum absolute atomic E-state index is 0.143. The molecule has 2 aromatic rings. The summed E-state index contributed by atoms with van der Waals surface area (Å²) < 4.78 is 18.1. The molecule has 1 amide bonds. The van der Waals surface area contributed by atoms with Crippen molar-refractivity contribution in [1.82, 2.24) is 5.32 Å². The Morgan fingerprint density at radius 2 is 2.16 bits per heavy atom. The number of amides is 1. The molecule has 0 aliphatic carbocycles. The summed E-state index contributed by atoms with van der Waals surface area (Å²) in [6, 6.07) is 5.06. The number of nitrogens with one attached hydrogen (secondary N) is 1. The Balaban J connectivity index is 2.35. The average molecular weight is 264 g/mol. The molecule has 0 fully saturated rings. The summed E-state index contributed by atoms with van der Waals surface area (Å²) in [5, 5.41) is 2.91. The molecule has 0 unspecified atom stereocenters. The Kier molecular flexibility index (Phi) is 3.91. The van der Waals surface area contributed by atoms with Crippen LogP contribution in [0.25, 0.3) is 11.0 Å². The smallest absolute Gasteiger partial charge is 0.349 e. The highest BCUT2D eigenvalue weighted by Gasteiger charge is 2.13. The van der Waals surface area contributed by atoms with E-state index in [1.165, 1.54) is 24.3 Å². The van der Waals surface area contributed by atoms with Crippen LogP contribution in [-0.4, -0.2) is 19.0 Å². The summed E-state index contributed by atoms with van der Waals surface area (Å²) in [4.78, 5) is 23.4. The quantitative estimate of drug-likeness (QED) is 0.637. The first-order valence-corrected chi connectivity index (χ1v) is 5.83. The van der Waals surface area contributed by atoms with E-state index in [1.54, 1.807) is 0 Å². The molecule has 0 spiro atoms. The van der Waals surface area contributed by atoms with Crippen molar-refractivity contribution in [1.29, 1.82) is 0 Å². The van der Waals surface area contributed by atoms with Gasteiger partial charge in [-0.1, -0.05) is 0 Å². The van der Waals surface area contributed by atoms with Gasteiger partial charge < -0.3 is 15.5 Å². The number of rotatable bonds is 4. The third kappa shape index (κ3) is 2.97. The van der Waals surface area contributed by atoms with Gasteiger partial charge in [0.25, 0.3) is 5.91 Å². The van der Waals surface area contributed by atoms with Crippen LogP contribution in [0, 0.1) is 5.82 Å². The van der Waals surface area contributed by atoms with Crippen molar-refractivity contribution in [2.75, 3.05) is 13.1 Å². The van der Waals surface area contributed by atoms with Crippen LogP contribution in [0.3, 0.4) is 0 Å². The van der Waals surface area contributed by atoms with Crippen LogP contribution in [0.2, 0.25) is 0 Å². The van der Waals surface area contributed by atoms with Gasteiger partial charge in [-0.3, -0.25) is 4.79 Å². The summed E-state index contributed by atoms with van der Waals surface area (Å²) in [5.41, 5.74) is 4.65. The van der Waals surface area contributed by atoms with E-state index in [-0.39, 0.29) is 11.1 Å². The van der Waals surface area contributed by atoms with Gasteiger partial charge in [-0.05, 0) is 37.2 Å². The summed E-state index contributed by atoms with van der Waals surface area (Å²) in [6.07, 6.45) is 0.610. The van der Waals surface area contributed by atoms with Gasteiger partial charge >= 0.3 is 5.63 Å². The van der Waals surface area contributed by atoms with Crippen LogP contribution >= 0.6 is 0 Å². The van der Waals surface area contributed by atoms with Crippen molar-refractivity contribution in [3.8, 4) is 0 Å². The van der Waals surface area contributed by atoms with Crippen LogP contribution in [0.15, 0.2) is 33.5 Å². The molecule has 5 nitrogen and oxygen atoms in total. The van der Waals surface area contributed by atoms with Crippen LogP contribution in [0.4, 0.5) is 4.39 Å². The predicted octanol–water partition coefficient (Wildman–Crippen LogP) is 1.01. The standard InChI is InChI=1S/C13H13FN2O3/c14-9-2-3-11-8(6-9)7-10(13(18)19-11)12(17)16-5-1-4-15/h2-3,6-7H,1,4-5,15H2,(H,16,17). The first-order chi connectivity index (χ1) is 9.11. The highest BCUT2D eigenvalue weighted by molar-refractivity contribution is 5.96. The second-order valence-corrected chi connectivity index (χ2v) is 4.03. The zero-order valence-electron chi connectivity index (χ0n) is 10.1. The van der Waals surface area contributed by atoms with E-state index in [0.29, 0.717) is 24.9 Å². The fourth-order valence-corrected chi connectivity index (χ4v) is 1.65. The van der Waals surface area contributed by atoms with E-state index in [2.05, 4.69) is 5.32 Å². The zero-order valence-corrected chi connectivity index (χ0v) is 10.1. The lowest BCUT2D eigenvalue weighted by molar-refractivity contribution is 0.0950. The molecule has 100 valence electrons. The van der Waals surface area contributed by atoms with Crippen molar-refractivity contribution in [2.24, 2.45) is 5.73 Å². The zero-order chi connectivity index (χ0) is 13.8. The number of nitrogens with two attached hydrogens (primary N) is 1. The van der Waals surface area contributed by atoms with Crippen molar-refractivity contribution in [2.45, 2.75) is 6.42 Å². The molecule has 1 aromatic carbocycles. The summed E-state index contributed by atoms with van der Waals surface area (Å²) >= 11 is 0. The molecule has 0 radical (unpaired) electrons. The van der Waals surface area contributed by atoms with Crippen molar-refractivity contribution < 1.29 is 13.6 Å². The lowest BCUT2D eigenvalue weighted by Crippen LogP contribution is -2.29. The Hall–Kier alpha value is -2.21. The maximum absolute atomic E-state index is 13.1. The molecule has 2 rings (SSSR count). The predicted molar refractivity (Wildman–Crippen MR) is 68.4 cm³/mol. The number of carbonyl (C=O) groups excluding carboxylic acids is 1. The van der Waals surface area contributed by atoms with E-state index in [1.807, 2.05) is 0 Å². The SMILES string of the molecule is NCCCNC(=O)c1cc2cc(F)ccc2oc1=O. The lowest BCUT2D eigenvalue weighted by atomic mass is 10.1. The molecule has 0 bridgehead atoms. The number of carbonyl (C=O) groups is 1. The van der Waals surface area contributed by atoms with E-state index >= 15 is 0 Å². The fraction of sp³-hybridized carbons (Fsp3) is 0.231. The van der Waals surface area contributed by atoms with E-state index in [0.717, 1.165) is 0 Å². The average Bonchev–Trinajstić information content (AvgIpc) is 2.38. The van der Waals surface area contributed by atoms with E-state index in [4.69, 9.17) is 10.2 Å². The molecule has 6 heteroatoms. The van der Waals surface area contributed by atoms with Gasteiger partial charge in [0.15, 0.2) is 0 Å². The van der Waals surface area contributed by atoms with Gasteiger partial charge in [0.05, 0.1) is 0 Å². The van der Waals surface area contributed by atoms with Gasteiger partial charge in [0.1, 0.15) is 17.0 Å². The van der Waals surface area contributed by atoms with Gasteiger partial charge in [-0.25, -0.2) is 9.18 Å². The Labute approximate surface area is 108 Å². The van der Waals surface area contributed by atoms with Crippen molar-refractivity contribution in [3.05, 3.63) is 46.1 Å². The molecule has 19 heavy (non-hydrogen) atoms. The Morgan fingerprint density at radius 3 is 2.89 bits per heavy atom. The van der Waals surface area contributed by atoms with Crippen LogP contribution in [0.5, 0.6) is 0 Å². The third-order valence-electron chi connectivity index (χ3n) is 2.61. The van der Waals surface area contributed by atoms with Gasteiger partial charge in [0, 0.05) is 11.9 Å². The van der Waals surface area contributed by atoms with Gasteiger partial charge in [-0.15, -0.1) is 0 Å². The Morgan fingerprint density at radius 1 is 1.37 bits per heavy atom. The normalized spacial score (nSPS) is 10.6. The lowest BCUT2D eigenvalue weighted by Gasteiger charge is -2.04. The maximum Gasteiger partial charge on any atom is 0.349 e. The Bertz CT molecular complexity index is 666. The third-order valence-corrected chi connectivity index (χ3v) is 2.61. The monoisotopic (exact) mass is 264 g/mol. The first kappa shape index (κ1) is 13.2. The molecule has 0 aliphatic heterocycles. The molecule has 0 aliphatic rings. The number of hydrogen-bond acceptors (Lipinski definition) is 4. The molecule has 0 saturated heterocycles. The number of hydrogen-bond donors (Lipinski definition) is 2. The van der Waals surface area contributed by atoms with Crippen LogP contribution < -0.4 is 16.7 Å². The fourth-order valence-electron chi connectivity index (χ4n) is 1.65. The molecule has 1 heterocycles.